The Labute approximate surface area is 166 Å². The average Bonchev–Trinajstić information content (AvgIpc) is 2.63. The van der Waals surface area contributed by atoms with Gasteiger partial charge in [0.15, 0.2) is 0 Å². The highest BCUT2D eigenvalue weighted by Crippen LogP contribution is 2.22. The number of hydrogen-bond acceptors (Lipinski definition) is 4. The molecule has 150 valence electrons. The van der Waals surface area contributed by atoms with Gasteiger partial charge in [0, 0.05) is 51.1 Å². The molecular formula is C20H30ClN3O3. The fraction of sp³-hybridized carbons (Fsp3) is 0.600. The van der Waals surface area contributed by atoms with Crippen LogP contribution in [0.2, 0.25) is 5.02 Å². The van der Waals surface area contributed by atoms with Gasteiger partial charge >= 0.3 is 0 Å². The monoisotopic (exact) mass is 395 g/mol. The number of carbonyl (C=O) groups is 2. The van der Waals surface area contributed by atoms with Crippen LogP contribution in [0, 0.1) is 5.41 Å². The highest BCUT2D eigenvalue weighted by Gasteiger charge is 2.23. The van der Waals surface area contributed by atoms with E-state index >= 15 is 0 Å². The van der Waals surface area contributed by atoms with E-state index in [0.29, 0.717) is 43.4 Å². The third-order valence-corrected chi connectivity index (χ3v) is 4.84. The molecule has 0 radical (unpaired) electrons. The lowest BCUT2D eigenvalue weighted by Crippen LogP contribution is -2.50. The minimum absolute atomic E-state index is 0.0290. The summed E-state index contributed by atoms with van der Waals surface area (Å²) in [7, 11) is 0. The first-order chi connectivity index (χ1) is 12.8. The highest BCUT2D eigenvalue weighted by molar-refractivity contribution is 6.32. The number of nitrogens with one attached hydrogen (secondary N) is 1. The first-order valence-electron chi connectivity index (χ1n) is 9.43. The normalized spacial score (nSPS) is 15.5. The molecule has 0 aromatic heterocycles. The van der Waals surface area contributed by atoms with Gasteiger partial charge in [-0.1, -0.05) is 44.5 Å². The summed E-state index contributed by atoms with van der Waals surface area (Å²) in [6.07, 6.45) is 0.345. The Morgan fingerprint density at radius 1 is 1.15 bits per heavy atom. The summed E-state index contributed by atoms with van der Waals surface area (Å²) in [5.41, 5.74) is -0.430. The molecular weight excluding hydrogens is 366 g/mol. The first-order valence-corrected chi connectivity index (χ1v) is 9.81. The van der Waals surface area contributed by atoms with E-state index in [2.05, 4.69) is 10.2 Å². The van der Waals surface area contributed by atoms with E-state index in [4.69, 9.17) is 16.3 Å². The quantitative estimate of drug-likeness (QED) is 0.770. The summed E-state index contributed by atoms with van der Waals surface area (Å²) in [6, 6.07) is 7.44. The molecule has 1 aromatic rings. The Morgan fingerprint density at radius 3 is 2.44 bits per heavy atom. The number of amides is 2. The predicted octanol–water partition coefficient (Wildman–Crippen LogP) is 2.42. The van der Waals surface area contributed by atoms with E-state index < -0.39 is 5.41 Å². The summed E-state index contributed by atoms with van der Waals surface area (Å²) in [5, 5.41) is 3.44. The predicted molar refractivity (Wildman–Crippen MR) is 107 cm³/mol. The van der Waals surface area contributed by atoms with E-state index in [1.807, 2.05) is 49.9 Å². The number of halogens is 1. The summed E-state index contributed by atoms with van der Waals surface area (Å²) in [4.78, 5) is 28.3. The van der Waals surface area contributed by atoms with Gasteiger partial charge in [-0.15, -0.1) is 0 Å². The number of benzene rings is 1. The minimum atomic E-state index is -0.430. The molecule has 0 spiro atoms. The van der Waals surface area contributed by atoms with E-state index in [9.17, 15) is 9.59 Å². The molecule has 1 aromatic carbocycles. The summed E-state index contributed by atoms with van der Waals surface area (Å²) in [5.74, 6) is 0.764. The number of rotatable bonds is 7. The minimum Gasteiger partial charge on any atom is -0.491 e. The van der Waals surface area contributed by atoms with Crippen LogP contribution in [0.4, 0.5) is 0 Å². The molecule has 27 heavy (non-hydrogen) atoms. The van der Waals surface area contributed by atoms with E-state index in [1.54, 1.807) is 0 Å². The molecule has 0 unspecified atom stereocenters. The second-order valence-electron chi connectivity index (χ2n) is 7.76. The molecule has 1 aliphatic rings. The molecule has 1 saturated heterocycles. The van der Waals surface area contributed by atoms with Crippen LogP contribution in [0.3, 0.4) is 0 Å². The first kappa shape index (κ1) is 21.5. The van der Waals surface area contributed by atoms with Crippen LogP contribution < -0.4 is 10.1 Å². The van der Waals surface area contributed by atoms with Crippen molar-refractivity contribution in [1.29, 1.82) is 0 Å². The molecule has 0 bridgehead atoms. The van der Waals surface area contributed by atoms with Crippen LogP contribution in [-0.4, -0.2) is 67.5 Å². The molecule has 0 saturated carbocycles. The summed E-state index contributed by atoms with van der Waals surface area (Å²) >= 11 is 6.08. The largest absolute Gasteiger partial charge is 0.491 e. The Bertz CT molecular complexity index is 638. The maximum absolute atomic E-state index is 12.3. The van der Waals surface area contributed by atoms with Crippen LogP contribution in [0.5, 0.6) is 5.75 Å². The van der Waals surface area contributed by atoms with Gasteiger partial charge in [-0.25, -0.2) is 0 Å². The number of carbonyl (C=O) groups excluding carboxylic acids is 2. The average molecular weight is 396 g/mol. The smallest absolute Gasteiger partial charge is 0.225 e. The van der Waals surface area contributed by atoms with Gasteiger partial charge in [0.2, 0.25) is 11.8 Å². The Kier molecular flexibility index (Phi) is 7.92. The van der Waals surface area contributed by atoms with Crippen molar-refractivity contribution in [2.75, 3.05) is 45.9 Å². The molecule has 6 nitrogen and oxygen atoms in total. The third-order valence-electron chi connectivity index (χ3n) is 4.53. The lowest BCUT2D eigenvalue weighted by atomic mass is 9.96. The molecule has 1 aliphatic heterocycles. The molecule has 0 aliphatic carbocycles. The molecule has 2 amide bonds. The van der Waals surface area contributed by atoms with E-state index in [0.717, 1.165) is 19.6 Å². The topological polar surface area (TPSA) is 61.9 Å². The van der Waals surface area contributed by atoms with Crippen molar-refractivity contribution in [3.05, 3.63) is 29.3 Å². The number of para-hydroxylation sites is 1. The molecule has 7 heteroatoms. The Hall–Kier alpha value is -1.79. The van der Waals surface area contributed by atoms with Gasteiger partial charge in [0.1, 0.15) is 12.4 Å². The van der Waals surface area contributed by atoms with Crippen molar-refractivity contribution >= 4 is 23.4 Å². The van der Waals surface area contributed by atoms with Crippen molar-refractivity contribution in [2.45, 2.75) is 27.2 Å². The second-order valence-corrected chi connectivity index (χ2v) is 8.16. The fourth-order valence-electron chi connectivity index (χ4n) is 2.77. The Balaban J connectivity index is 1.62. The number of hydrogen-bond donors (Lipinski definition) is 1. The van der Waals surface area contributed by atoms with Gasteiger partial charge in [-0.05, 0) is 12.1 Å². The maximum Gasteiger partial charge on any atom is 0.225 e. The lowest BCUT2D eigenvalue weighted by Gasteiger charge is -2.34. The van der Waals surface area contributed by atoms with Crippen LogP contribution >= 0.6 is 11.6 Å². The van der Waals surface area contributed by atoms with Crippen LogP contribution in [-0.2, 0) is 9.59 Å². The van der Waals surface area contributed by atoms with Crippen LogP contribution in [0.1, 0.15) is 27.2 Å². The van der Waals surface area contributed by atoms with Gasteiger partial charge in [0.25, 0.3) is 0 Å². The number of ether oxygens (including phenoxy) is 1. The van der Waals surface area contributed by atoms with Crippen LogP contribution in [0.15, 0.2) is 24.3 Å². The van der Waals surface area contributed by atoms with Crippen molar-refractivity contribution in [1.82, 2.24) is 15.1 Å². The fourth-order valence-corrected chi connectivity index (χ4v) is 2.96. The summed E-state index contributed by atoms with van der Waals surface area (Å²) in [6.45, 7) is 10.4. The van der Waals surface area contributed by atoms with Crippen LogP contribution in [0.25, 0.3) is 0 Å². The zero-order valence-electron chi connectivity index (χ0n) is 16.5. The molecule has 2 rings (SSSR count). The highest BCUT2D eigenvalue weighted by atomic mass is 35.5. The Morgan fingerprint density at radius 2 is 1.81 bits per heavy atom. The standard InChI is InChI=1S/C20H30ClN3O3/c1-20(2,3)19(26)22-9-8-18(25)24-12-10-23(11-13-24)14-15-27-17-7-5-4-6-16(17)21/h4-7H,8-15H2,1-3H3,(H,22,26). The molecule has 1 N–H and O–H groups in total. The van der Waals surface area contributed by atoms with Crippen molar-refractivity contribution in [3.63, 3.8) is 0 Å². The van der Waals surface area contributed by atoms with Gasteiger partial charge in [-0.3, -0.25) is 14.5 Å². The molecule has 0 atom stereocenters. The van der Waals surface area contributed by atoms with Crippen molar-refractivity contribution in [2.24, 2.45) is 5.41 Å². The van der Waals surface area contributed by atoms with Crippen molar-refractivity contribution in [3.8, 4) is 5.75 Å². The maximum atomic E-state index is 12.3. The van der Waals surface area contributed by atoms with E-state index in [-0.39, 0.29) is 11.8 Å². The SMILES string of the molecule is CC(C)(C)C(=O)NCCC(=O)N1CCN(CCOc2ccccc2Cl)CC1. The van der Waals surface area contributed by atoms with Gasteiger partial charge in [0.05, 0.1) is 5.02 Å². The van der Waals surface area contributed by atoms with E-state index in [1.165, 1.54) is 0 Å². The summed E-state index contributed by atoms with van der Waals surface area (Å²) < 4.78 is 5.72. The molecule has 1 heterocycles. The lowest BCUT2D eigenvalue weighted by molar-refractivity contribution is -0.133. The van der Waals surface area contributed by atoms with Gasteiger partial charge in [-0.2, -0.15) is 0 Å². The zero-order chi connectivity index (χ0) is 19.9. The second kappa shape index (κ2) is 9.95. The van der Waals surface area contributed by atoms with Gasteiger partial charge < -0.3 is 15.0 Å². The molecule has 1 fully saturated rings. The zero-order valence-corrected chi connectivity index (χ0v) is 17.2. The van der Waals surface area contributed by atoms with Crippen molar-refractivity contribution < 1.29 is 14.3 Å². The number of piperazine rings is 1. The number of nitrogens with zero attached hydrogens (tertiary/aromatic N) is 2. The third kappa shape index (κ3) is 7.03.